The van der Waals surface area contributed by atoms with E-state index in [2.05, 4.69) is 23.1 Å². The molecule has 0 saturated carbocycles. The highest BCUT2D eigenvalue weighted by Crippen LogP contribution is 2.38. The summed E-state index contributed by atoms with van der Waals surface area (Å²) < 4.78 is 0. The van der Waals surface area contributed by atoms with Crippen LogP contribution in [0.5, 0.6) is 0 Å². The van der Waals surface area contributed by atoms with Crippen molar-refractivity contribution >= 4 is 28.8 Å². The highest BCUT2D eigenvalue weighted by atomic mass is 35.5. The molecule has 3 heteroatoms. The molecule has 2 nitrogen and oxygen atoms in total. The van der Waals surface area contributed by atoms with E-state index in [0.717, 1.165) is 18.7 Å². The molecule has 0 saturated heterocycles. The molecule has 0 atom stereocenters. The fraction of sp³-hybridized carbons (Fsp3) is 0.188. The standard InChI is InChI=1S/C16H14ClNO/c1-11(19)13-6-7-16(14(17)10-13)18-9-8-12-4-2-3-5-15(12)18/h2-7,10H,8-9H2,1H3. The van der Waals surface area contributed by atoms with Gasteiger partial charge in [-0.15, -0.1) is 0 Å². The fourth-order valence-corrected chi connectivity index (χ4v) is 2.82. The fourth-order valence-electron chi connectivity index (χ4n) is 2.53. The zero-order valence-electron chi connectivity index (χ0n) is 10.7. The Bertz CT molecular complexity index is 651. The van der Waals surface area contributed by atoms with Crippen molar-refractivity contribution in [1.82, 2.24) is 0 Å². The highest BCUT2D eigenvalue weighted by molar-refractivity contribution is 6.33. The molecule has 1 heterocycles. The van der Waals surface area contributed by atoms with Gasteiger partial charge in [0.1, 0.15) is 0 Å². The lowest BCUT2D eigenvalue weighted by atomic mass is 10.1. The monoisotopic (exact) mass is 271 g/mol. The largest absolute Gasteiger partial charge is 0.340 e. The van der Waals surface area contributed by atoms with Crippen molar-refractivity contribution in [2.45, 2.75) is 13.3 Å². The Morgan fingerprint density at radius 1 is 1.16 bits per heavy atom. The minimum Gasteiger partial charge on any atom is -0.340 e. The summed E-state index contributed by atoms with van der Waals surface area (Å²) in [7, 11) is 0. The molecular formula is C16H14ClNO. The van der Waals surface area contributed by atoms with Crippen LogP contribution in [0.4, 0.5) is 11.4 Å². The maximum absolute atomic E-state index is 11.4. The summed E-state index contributed by atoms with van der Waals surface area (Å²) in [5, 5.41) is 0.629. The summed E-state index contributed by atoms with van der Waals surface area (Å²) in [4.78, 5) is 13.6. The second kappa shape index (κ2) is 4.71. The molecular weight excluding hydrogens is 258 g/mol. The molecule has 0 N–H and O–H groups in total. The normalized spacial score (nSPS) is 13.5. The molecule has 0 unspecified atom stereocenters. The van der Waals surface area contributed by atoms with Gasteiger partial charge in [-0.1, -0.05) is 29.8 Å². The SMILES string of the molecule is CC(=O)c1ccc(N2CCc3ccccc32)c(Cl)c1. The Labute approximate surface area is 117 Å². The van der Waals surface area contributed by atoms with Crippen LogP contribution >= 0.6 is 11.6 Å². The first kappa shape index (κ1) is 12.2. The number of nitrogens with zero attached hydrogens (tertiary/aromatic N) is 1. The predicted octanol–water partition coefficient (Wildman–Crippen LogP) is 4.24. The van der Waals surface area contributed by atoms with E-state index in [9.17, 15) is 4.79 Å². The van der Waals surface area contributed by atoms with Crippen LogP contribution in [0.2, 0.25) is 5.02 Å². The Kier molecular flexibility index (Phi) is 3.03. The highest BCUT2D eigenvalue weighted by Gasteiger charge is 2.21. The van der Waals surface area contributed by atoms with Crippen LogP contribution in [0.3, 0.4) is 0 Å². The predicted molar refractivity (Wildman–Crippen MR) is 78.6 cm³/mol. The Morgan fingerprint density at radius 3 is 2.68 bits per heavy atom. The van der Waals surface area contributed by atoms with Crippen LogP contribution in [-0.2, 0) is 6.42 Å². The second-order valence-corrected chi connectivity index (χ2v) is 5.16. The van der Waals surface area contributed by atoms with E-state index >= 15 is 0 Å². The minimum absolute atomic E-state index is 0.0373. The summed E-state index contributed by atoms with van der Waals surface area (Å²) >= 11 is 6.33. The third kappa shape index (κ3) is 2.13. The van der Waals surface area contributed by atoms with E-state index in [1.807, 2.05) is 18.2 Å². The Hall–Kier alpha value is -1.80. The molecule has 2 aromatic rings. The third-order valence-electron chi connectivity index (χ3n) is 3.53. The van der Waals surface area contributed by atoms with E-state index in [-0.39, 0.29) is 5.78 Å². The van der Waals surface area contributed by atoms with E-state index < -0.39 is 0 Å². The first-order chi connectivity index (χ1) is 9.16. The molecule has 0 aliphatic carbocycles. The van der Waals surface area contributed by atoms with Crippen LogP contribution in [0.1, 0.15) is 22.8 Å². The average Bonchev–Trinajstić information content (AvgIpc) is 2.82. The molecule has 1 aliphatic heterocycles. The lowest BCUT2D eigenvalue weighted by Gasteiger charge is -2.21. The zero-order valence-corrected chi connectivity index (χ0v) is 11.4. The molecule has 19 heavy (non-hydrogen) atoms. The summed E-state index contributed by atoms with van der Waals surface area (Å²) in [5.74, 6) is 0.0373. The molecule has 2 aromatic carbocycles. The lowest BCUT2D eigenvalue weighted by molar-refractivity contribution is 0.101. The number of carbonyl (C=O) groups excluding carboxylic acids is 1. The van der Waals surface area contributed by atoms with Crippen molar-refractivity contribution < 1.29 is 4.79 Å². The topological polar surface area (TPSA) is 20.3 Å². The Morgan fingerprint density at radius 2 is 1.95 bits per heavy atom. The van der Waals surface area contributed by atoms with Gasteiger partial charge in [0.25, 0.3) is 0 Å². The van der Waals surface area contributed by atoms with Crippen LogP contribution < -0.4 is 4.90 Å². The summed E-state index contributed by atoms with van der Waals surface area (Å²) in [5.41, 5.74) is 4.17. The number of ketones is 1. The van der Waals surface area contributed by atoms with Gasteiger partial charge >= 0.3 is 0 Å². The number of benzene rings is 2. The van der Waals surface area contributed by atoms with Crippen LogP contribution in [0.25, 0.3) is 0 Å². The molecule has 3 rings (SSSR count). The van der Waals surface area contributed by atoms with Crippen molar-refractivity contribution in [3.63, 3.8) is 0 Å². The van der Waals surface area contributed by atoms with Gasteiger partial charge in [-0.25, -0.2) is 0 Å². The van der Waals surface area contributed by atoms with Gasteiger partial charge in [0.05, 0.1) is 10.7 Å². The zero-order chi connectivity index (χ0) is 13.4. The van der Waals surface area contributed by atoms with Crippen LogP contribution in [0, 0.1) is 0 Å². The second-order valence-electron chi connectivity index (χ2n) is 4.75. The lowest BCUT2D eigenvalue weighted by Crippen LogP contribution is -2.13. The van der Waals surface area contributed by atoms with Crippen LogP contribution in [-0.4, -0.2) is 12.3 Å². The first-order valence-electron chi connectivity index (χ1n) is 6.33. The van der Waals surface area contributed by atoms with Crippen molar-refractivity contribution in [3.8, 4) is 0 Å². The quantitative estimate of drug-likeness (QED) is 0.762. The number of hydrogen-bond acceptors (Lipinski definition) is 2. The number of Topliss-reactive ketones (excluding diaryl/α,β-unsaturated/α-hetero) is 1. The van der Waals surface area contributed by atoms with Gasteiger partial charge in [0.2, 0.25) is 0 Å². The smallest absolute Gasteiger partial charge is 0.159 e. The van der Waals surface area contributed by atoms with Crippen molar-refractivity contribution in [1.29, 1.82) is 0 Å². The van der Waals surface area contributed by atoms with Crippen LogP contribution in [0.15, 0.2) is 42.5 Å². The average molecular weight is 272 g/mol. The van der Waals surface area contributed by atoms with Crippen molar-refractivity contribution in [2.75, 3.05) is 11.4 Å². The number of para-hydroxylation sites is 1. The number of anilines is 2. The van der Waals surface area contributed by atoms with Gasteiger partial charge in [-0.3, -0.25) is 4.79 Å². The van der Waals surface area contributed by atoms with E-state index in [0.29, 0.717) is 10.6 Å². The van der Waals surface area contributed by atoms with Gasteiger partial charge in [0.15, 0.2) is 5.78 Å². The maximum Gasteiger partial charge on any atom is 0.159 e. The minimum atomic E-state index is 0.0373. The van der Waals surface area contributed by atoms with E-state index in [1.165, 1.54) is 11.3 Å². The number of halogens is 1. The van der Waals surface area contributed by atoms with E-state index in [1.54, 1.807) is 13.0 Å². The molecule has 96 valence electrons. The number of hydrogen-bond donors (Lipinski definition) is 0. The van der Waals surface area contributed by atoms with Gasteiger partial charge in [0, 0.05) is 17.8 Å². The number of rotatable bonds is 2. The van der Waals surface area contributed by atoms with Crippen molar-refractivity contribution in [2.24, 2.45) is 0 Å². The third-order valence-corrected chi connectivity index (χ3v) is 3.83. The van der Waals surface area contributed by atoms with Gasteiger partial charge < -0.3 is 4.90 Å². The van der Waals surface area contributed by atoms with Gasteiger partial charge in [-0.2, -0.15) is 0 Å². The summed E-state index contributed by atoms with van der Waals surface area (Å²) in [6.45, 7) is 2.48. The first-order valence-corrected chi connectivity index (χ1v) is 6.70. The van der Waals surface area contributed by atoms with Crippen molar-refractivity contribution in [3.05, 3.63) is 58.6 Å². The molecule has 0 fully saturated rings. The Balaban J connectivity index is 2.03. The molecule has 0 aromatic heterocycles. The molecule has 1 aliphatic rings. The number of carbonyl (C=O) groups is 1. The molecule has 0 spiro atoms. The van der Waals surface area contributed by atoms with E-state index in [4.69, 9.17) is 11.6 Å². The summed E-state index contributed by atoms with van der Waals surface area (Å²) in [6.07, 6.45) is 1.03. The maximum atomic E-state index is 11.4. The molecule has 0 bridgehead atoms. The number of fused-ring (bicyclic) bond motifs is 1. The molecule has 0 radical (unpaired) electrons. The van der Waals surface area contributed by atoms with Gasteiger partial charge in [-0.05, 0) is 43.2 Å². The molecule has 0 amide bonds. The summed E-state index contributed by atoms with van der Waals surface area (Å²) in [6, 6.07) is 13.9.